The monoisotopic (exact) mass is 282 g/mol. The van der Waals surface area contributed by atoms with Gasteiger partial charge in [-0.15, -0.1) is 0 Å². The average molecular weight is 282 g/mol. The fraction of sp³-hybridized carbons (Fsp3) is 0.667. The maximum atomic E-state index is 10.4. The van der Waals surface area contributed by atoms with E-state index >= 15 is 0 Å². The van der Waals surface area contributed by atoms with Crippen molar-refractivity contribution >= 4 is 30.1 Å². The van der Waals surface area contributed by atoms with Crippen molar-refractivity contribution in [3.05, 3.63) is 0 Å². The summed E-state index contributed by atoms with van der Waals surface area (Å²) in [4.78, 5) is 29.9. The molecule has 0 saturated heterocycles. The number of carbonyl (C=O) groups excluding carboxylic acids is 1. The first-order valence-corrected chi connectivity index (χ1v) is 6.30. The van der Waals surface area contributed by atoms with Crippen molar-refractivity contribution in [3.8, 4) is 0 Å². The molecule has 0 saturated carbocycles. The van der Waals surface area contributed by atoms with Crippen LogP contribution in [0.5, 0.6) is 0 Å². The van der Waals surface area contributed by atoms with Gasteiger partial charge in [-0.25, -0.2) is 4.79 Å². The van der Waals surface area contributed by atoms with Crippen molar-refractivity contribution in [2.45, 2.75) is 18.5 Å². The zero-order valence-corrected chi connectivity index (χ0v) is 10.7. The van der Waals surface area contributed by atoms with E-state index in [0.717, 1.165) is 5.75 Å². The Bertz CT molecular complexity index is 263. The van der Waals surface area contributed by atoms with Crippen LogP contribution >= 0.6 is 11.8 Å². The molecule has 0 aliphatic heterocycles. The molecule has 18 heavy (non-hydrogen) atoms. The van der Waals surface area contributed by atoms with Crippen molar-refractivity contribution in [1.82, 2.24) is 5.32 Å². The Morgan fingerprint density at radius 3 is 2.17 bits per heavy atom. The molecule has 8 nitrogen and oxygen atoms in total. The van der Waals surface area contributed by atoms with Gasteiger partial charge in [0.1, 0.15) is 12.1 Å². The van der Waals surface area contributed by atoms with E-state index in [2.05, 4.69) is 5.32 Å². The first-order valence-electron chi connectivity index (χ1n) is 4.91. The summed E-state index contributed by atoms with van der Waals surface area (Å²) in [5.41, 5.74) is 4.77. The standard InChI is InChI=1S/C6H11NO3S.C3H7NO3/c1-11-3-2-5(6(9)10)7-4-8;4-2(1-5)3(6)7/h4-5H,2-3H2,1H3,(H,7,8)(H,9,10);2,5H,1,4H2,(H,6,7). The summed E-state index contributed by atoms with van der Waals surface area (Å²) in [5.74, 6) is -1.42. The van der Waals surface area contributed by atoms with Crippen LogP contribution in [0.1, 0.15) is 6.42 Å². The van der Waals surface area contributed by atoms with Gasteiger partial charge in [-0.1, -0.05) is 0 Å². The molecule has 0 heterocycles. The lowest BCUT2D eigenvalue weighted by molar-refractivity contribution is -0.141. The summed E-state index contributed by atoms with van der Waals surface area (Å²) < 4.78 is 0. The topological polar surface area (TPSA) is 150 Å². The summed E-state index contributed by atoms with van der Waals surface area (Å²) in [5, 5.41) is 26.6. The lowest BCUT2D eigenvalue weighted by atomic mass is 10.2. The van der Waals surface area contributed by atoms with Crippen molar-refractivity contribution in [3.63, 3.8) is 0 Å². The molecule has 0 aromatic heterocycles. The molecule has 0 aromatic rings. The molecular formula is C9H18N2O6S. The Morgan fingerprint density at radius 2 is 1.94 bits per heavy atom. The van der Waals surface area contributed by atoms with Crippen molar-refractivity contribution < 1.29 is 29.7 Å². The van der Waals surface area contributed by atoms with Crippen molar-refractivity contribution in [2.24, 2.45) is 5.73 Å². The third kappa shape index (κ3) is 11.2. The predicted octanol–water partition coefficient (Wildman–Crippen LogP) is -1.67. The molecule has 2 atom stereocenters. The van der Waals surface area contributed by atoms with Gasteiger partial charge in [0.15, 0.2) is 0 Å². The SMILES string of the molecule is CSCCC(NC=O)C(=O)O.NC(CO)C(=O)O. The zero-order chi connectivity index (χ0) is 14.6. The maximum absolute atomic E-state index is 10.4. The molecule has 106 valence electrons. The number of carbonyl (C=O) groups is 3. The first kappa shape index (κ1) is 19.0. The van der Waals surface area contributed by atoms with Crippen molar-refractivity contribution in [1.29, 1.82) is 0 Å². The van der Waals surface area contributed by atoms with Gasteiger partial charge in [0.25, 0.3) is 0 Å². The molecule has 0 bridgehead atoms. The van der Waals surface area contributed by atoms with Gasteiger partial charge in [0.2, 0.25) is 6.41 Å². The number of thioether (sulfide) groups is 1. The summed E-state index contributed by atoms with van der Waals surface area (Å²) in [7, 11) is 0. The number of aliphatic hydroxyl groups is 1. The molecular weight excluding hydrogens is 264 g/mol. The highest BCUT2D eigenvalue weighted by Gasteiger charge is 2.14. The van der Waals surface area contributed by atoms with Gasteiger partial charge in [0, 0.05) is 0 Å². The molecule has 0 rings (SSSR count). The summed E-state index contributed by atoms with van der Waals surface area (Å²) >= 11 is 1.55. The van der Waals surface area contributed by atoms with E-state index in [1.807, 2.05) is 6.26 Å². The van der Waals surface area contributed by atoms with Crippen LogP contribution in [0.3, 0.4) is 0 Å². The Kier molecular flexibility index (Phi) is 12.8. The number of aliphatic hydroxyl groups excluding tert-OH is 1. The molecule has 1 amide bonds. The summed E-state index contributed by atoms with van der Waals surface area (Å²) in [6.07, 6.45) is 2.77. The molecule has 9 heteroatoms. The van der Waals surface area contributed by atoms with Crippen LogP contribution in [0.2, 0.25) is 0 Å². The lowest BCUT2D eigenvalue weighted by Gasteiger charge is -2.08. The molecule has 0 radical (unpaired) electrons. The maximum Gasteiger partial charge on any atom is 0.326 e. The molecule has 0 aliphatic carbocycles. The minimum absolute atomic E-state index is 0.416. The largest absolute Gasteiger partial charge is 0.480 e. The third-order valence-corrected chi connectivity index (χ3v) is 2.34. The van der Waals surface area contributed by atoms with Crippen LogP contribution in [0.15, 0.2) is 0 Å². The Balaban J connectivity index is 0. The van der Waals surface area contributed by atoms with Crippen LogP contribution in [-0.2, 0) is 14.4 Å². The van der Waals surface area contributed by atoms with Crippen LogP contribution in [-0.4, -0.2) is 64.4 Å². The Morgan fingerprint density at radius 1 is 1.39 bits per heavy atom. The highest BCUT2D eigenvalue weighted by atomic mass is 32.2. The molecule has 0 aromatic carbocycles. The van der Waals surface area contributed by atoms with E-state index < -0.39 is 30.6 Å². The van der Waals surface area contributed by atoms with Crippen LogP contribution in [0.4, 0.5) is 0 Å². The van der Waals surface area contributed by atoms with Gasteiger partial charge in [-0.3, -0.25) is 9.59 Å². The fourth-order valence-corrected chi connectivity index (χ4v) is 1.15. The number of hydrogen-bond acceptors (Lipinski definition) is 6. The highest BCUT2D eigenvalue weighted by molar-refractivity contribution is 7.98. The number of nitrogens with two attached hydrogens (primary N) is 1. The Labute approximate surface area is 109 Å². The van der Waals surface area contributed by atoms with E-state index in [1.54, 1.807) is 11.8 Å². The summed E-state index contributed by atoms with van der Waals surface area (Å²) in [6.45, 7) is -0.505. The number of carboxylic acid groups (broad SMARTS) is 2. The quantitative estimate of drug-likeness (QED) is 0.332. The second kappa shape index (κ2) is 12.1. The lowest BCUT2D eigenvalue weighted by Crippen LogP contribution is -2.36. The van der Waals surface area contributed by atoms with E-state index in [0.29, 0.717) is 12.8 Å². The fourth-order valence-electron chi connectivity index (χ4n) is 0.674. The predicted molar refractivity (Wildman–Crippen MR) is 66.3 cm³/mol. The average Bonchev–Trinajstić information content (AvgIpc) is 2.33. The van der Waals surface area contributed by atoms with Crippen LogP contribution in [0.25, 0.3) is 0 Å². The number of carboxylic acids is 2. The molecule has 0 aliphatic rings. The number of amides is 1. The van der Waals surface area contributed by atoms with Gasteiger partial charge < -0.3 is 26.4 Å². The van der Waals surface area contributed by atoms with E-state index in [-0.39, 0.29) is 0 Å². The number of nitrogens with one attached hydrogen (secondary N) is 1. The van der Waals surface area contributed by atoms with E-state index in [4.69, 9.17) is 21.1 Å². The zero-order valence-electron chi connectivity index (χ0n) is 9.91. The number of hydrogen-bond donors (Lipinski definition) is 5. The van der Waals surface area contributed by atoms with Gasteiger partial charge >= 0.3 is 11.9 Å². The molecule has 0 spiro atoms. The minimum Gasteiger partial charge on any atom is -0.480 e. The second-order valence-electron chi connectivity index (χ2n) is 3.08. The normalized spacial score (nSPS) is 12.6. The van der Waals surface area contributed by atoms with Gasteiger partial charge in [0.05, 0.1) is 6.61 Å². The molecule has 2 unspecified atom stereocenters. The highest BCUT2D eigenvalue weighted by Crippen LogP contribution is 1.99. The van der Waals surface area contributed by atoms with Gasteiger partial charge in [-0.05, 0) is 18.4 Å². The third-order valence-electron chi connectivity index (χ3n) is 1.69. The smallest absolute Gasteiger partial charge is 0.326 e. The van der Waals surface area contributed by atoms with Crippen LogP contribution < -0.4 is 11.1 Å². The Hall–Kier alpha value is -1.32. The van der Waals surface area contributed by atoms with Crippen LogP contribution in [0, 0.1) is 0 Å². The molecule has 6 N–H and O–H groups in total. The molecule has 0 fully saturated rings. The second-order valence-corrected chi connectivity index (χ2v) is 4.07. The van der Waals surface area contributed by atoms with Crippen molar-refractivity contribution in [2.75, 3.05) is 18.6 Å². The first-order chi connectivity index (χ1) is 8.40. The number of rotatable bonds is 8. The number of aliphatic carboxylic acids is 2. The van der Waals surface area contributed by atoms with Gasteiger partial charge in [-0.2, -0.15) is 11.8 Å². The summed E-state index contributed by atoms with van der Waals surface area (Å²) in [6, 6.07) is -1.86. The van der Waals surface area contributed by atoms with E-state index in [9.17, 15) is 14.4 Å². The minimum atomic E-state index is -1.18. The van der Waals surface area contributed by atoms with E-state index in [1.165, 1.54) is 0 Å².